The molecule has 0 atom stereocenters. The molecule has 1 aromatic rings. The van der Waals surface area contributed by atoms with Crippen molar-refractivity contribution in [3.8, 4) is 0 Å². The van der Waals surface area contributed by atoms with Crippen LogP contribution < -0.4 is 21.9 Å². The fourth-order valence-electron chi connectivity index (χ4n) is 2.32. The van der Waals surface area contributed by atoms with Crippen LogP contribution in [0.15, 0.2) is 11.1 Å². The molecule has 0 unspecified atom stereocenters. The van der Waals surface area contributed by atoms with Crippen molar-refractivity contribution in [2.45, 2.75) is 19.3 Å². The van der Waals surface area contributed by atoms with Crippen molar-refractivity contribution in [1.29, 1.82) is 0 Å². The van der Waals surface area contributed by atoms with Gasteiger partial charge in [-0.15, -0.1) is 0 Å². The summed E-state index contributed by atoms with van der Waals surface area (Å²) in [5, 5.41) is 0. The predicted molar refractivity (Wildman–Crippen MR) is 67.9 cm³/mol. The van der Waals surface area contributed by atoms with E-state index in [1.54, 1.807) is 0 Å². The van der Waals surface area contributed by atoms with Crippen LogP contribution in [0.25, 0.3) is 0 Å². The first-order valence-electron chi connectivity index (χ1n) is 6.00. The number of rotatable bonds is 3. The summed E-state index contributed by atoms with van der Waals surface area (Å²) in [5.41, 5.74) is 11.2. The Morgan fingerprint density at radius 1 is 1.47 bits per heavy atom. The first-order valence-corrected chi connectivity index (χ1v) is 6.00. The zero-order valence-electron chi connectivity index (χ0n) is 9.85. The summed E-state index contributed by atoms with van der Waals surface area (Å²) < 4.78 is 0. The minimum Gasteiger partial charge on any atom is -0.391 e. The SMILES string of the molecule is NCCC1CCN(c2nc[nH]c(=O)c2N)CC1. The Labute approximate surface area is 100 Å². The van der Waals surface area contributed by atoms with Crippen molar-refractivity contribution in [1.82, 2.24) is 9.97 Å². The van der Waals surface area contributed by atoms with Crippen LogP contribution in [-0.2, 0) is 0 Å². The molecular weight excluding hydrogens is 218 g/mol. The van der Waals surface area contributed by atoms with Gasteiger partial charge in [0.2, 0.25) is 0 Å². The highest BCUT2D eigenvalue weighted by atomic mass is 16.1. The Morgan fingerprint density at radius 3 is 2.82 bits per heavy atom. The number of hydrogen-bond acceptors (Lipinski definition) is 5. The molecule has 0 aromatic carbocycles. The number of nitrogens with one attached hydrogen (secondary N) is 1. The van der Waals surface area contributed by atoms with Crippen LogP contribution in [0.2, 0.25) is 0 Å². The minimum atomic E-state index is -0.265. The normalized spacial score (nSPS) is 17.4. The Hall–Kier alpha value is -1.56. The summed E-state index contributed by atoms with van der Waals surface area (Å²) in [6.45, 7) is 2.53. The lowest BCUT2D eigenvalue weighted by Gasteiger charge is -2.32. The molecule has 5 N–H and O–H groups in total. The summed E-state index contributed by atoms with van der Waals surface area (Å²) in [6, 6.07) is 0. The summed E-state index contributed by atoms with van der Waals surface area (Å²) in [7, 11) is 0. The van der Waals surface area contributed by atoms with E-state index in [4.69, 9.17) is 11.5 Å². The summed E-state index contributed by atoms with van der Waals surface area (Å²) in [4.78, 5) is 20.1. The Bertz CT molecular complexity index is 422. The van der Waals surface area contributed by atoms with Gasteiger partial charge in [-0.05, 0) is 31.7 Å². The number of nitrogens with zero attached hydrogens (tertiary/aromatic N) is 2. The lowest BCUT2D eigenvalue weighted by molar-refractivity contribution is 0.385. The number of nitrogens with two attached hydrogens (primary N) is 2. The maximum Gasteiger partial charge on any atom is 0.276 e. The number of hydrogen-bond donors (Lipinski definition) is 3. The number of anilines is 2. The van der Waals surface area contributed by atoms with Crippen molar-refractivity contribution < 1.29 is 0 Å². The molecule has 0 aliphatic carbocycles. The zero-order chi connectivity index (χ0) is 12.3. The average Bonchev–Trinajstić information content (AvgIpc) is 2.34. The van der Waals surface area contributed by atoms with Gasteiger partial charge in [-0.25, -0.2) is 4.98 Å². The fourth-order valence-corrected chi connectivity index (χ4v) is 2.32. The Kier molecular flexibility index (Phi) is 3.63. The van der Waals surface area contributed by atoms with Crippen LogP contribution in [0.5, 0.6) is 0 Å². The maximum atomic E-state index is 11.4. The predicted octanol–water partition coefficient (Wildman–Crippen LogP) is -0.0827. The lowest BCUT2D eigenvalue weighted by Crippen LogP contribution is -2.36. The standard InChI is InChI=1S/C11H19N5O/c12-4-1-8-2-5-16(6-3-8)10-9(13)11(17)15-7-14-10/h7-8H,1-6,12-13H2,(H,14,15,17). The quantitative estimate of drug-likeness (QED) is 0.682. The maximum absolute atomic E-state index is 11.4. The van der Waals surface area contributed by atoms with Gasteiger partial charge in [0.25, 0.3) is 5.56 Å². The molecule has 1 aliphatic heterocycles. The molecule has 0 saturated carbocycles. The number of piperidine rings is 1. The molecule has 1 fully saturated rings. The summed E-state index contributed by atoms with van der Waals surface area (Å²) in [6.07, 6.45) is 4.66. The second-order valence-corrected chi connectivity index (χ2v) is 4.48. The summed E-state index contributed by atoms with van der Waals surface area (Å²) >= 11 is 0. The van der Waals surface area contributed by atoms with Crippen LogP contribution in [0.3, 0.4) is 0 Å². The van der Waals surface area contributed by atoms with Gasteiger partial charge in [0.1, 0.15) is 5.69 Å². The van der Waals surface area contributed by atoms with Gasteiger partial charge in [0, 0.05) is 13.1 Å². The number of H-pyrrole nitrogens is 1. The van der Waals surface area contributed by atoms with Gasteiger partial charge >= 0.3 is 0 Å². The van der Waals surface area contributed by atoms with Gasteiger partial charge < -0.3 is 21.4 Å². The monoisotopic (exact) mass is 237 g/mol. The van der Waals surface area contributed by atoms with Crippen molar-refractivity contribution in [3.63, 3.8) is 0 Å². The molecule has 6 nitrogen and oxygen atoms in total. The minimum absolute atomic E-state index is 0.213. The molecule has 0 radical (unpaired) electrons. The van der Waals surface area contributed by atoms with Crippen LogP contribution in [0.1, 0.15) is 19.3 Å². The second kappa shape index (κ2) is 5.18. The fraction of sp³-hybridized carbons (Fsp3) is 0.636. The van der Waals surface area contributed by atoms with E-state index in [1.807, 2.05) is 0 Å². The number of aromatic amines is 1. The molecule has 6 heteroatoms. The second-order valence-electron chi connectivity index (χ2n) is 4.48. The van der Waals surface area contributed by atoms with E-state index >= 15 is 0 Å². The van der Waals surface area contributed by atoms with Crippen LogP contribution in [-0.4, -0.2) is 29.6 Å². The third-order valence-corrected chi connectivity index (χ3v) is 3.36. The first kappa shape index (κ1) is 11.9. The highest BCUT2D eigenvalue weighted by molar-refractivity contribution is 5.60. The Balaban J connectivity index is 2.05. The van der Waals surface area contributed by atoms with Crippen LogP contribution >= 0.6 is 0 Å². The highest BCUT2D eigenvalue weighted by Gasteiger charge is 2.21. The lowest BCUT2D eigenvalue weighted by atomic mass is 9.93. The third kappa shape index (κ3) is 2.58. The van der Waals surface area contributed by atoms with Gasteiger partial charge in [0.15, 0.2) is 5.82 Å². The topological polar surface area (TPSA) is 101 Å². The van der Waals surface area contributed by atoms with E-state index in [2.05, 4.69) is 14.9 Å². The first-order chi connectivity index (χ1) is 8.22. The number of nitrogen functional groups attached to an aromatic ring is 1. The molecule has 0 bridgehead atoms. The average molecular weight is 237 g/mol. The van der Waals surface area contributed by atoms with Crippen molar-refractivity contribution in [2.75, 3.05) is 30.3 Å². The largest absolute Gasteiger partial charge is 0.391 e. The molecule has 2 heterocycles. The molecular formula is C11H19N5O. The van der Waals surface area contributed by atoms with Gasteiger partial charge in [-0.2, -0.15) is 0 Å². The highest BCUT2D eigenvalue weighted by Crippen LogP contribution is 2.25. The van der Waals surface area contributed by atoms with E-state index in [-0.39, 0.29) is 11.2 Å². The van der Waals surface area contributed by atoms with Gasteiger partial charge in [-0.3, -0.25) is 4.79 Å². The van der Waals surface area contributed by atoms with Crippen molar-refractivity contribution >= 4 is 11.5 Å². The molecule has 2 rings (SSSR count). The Morgan fingerprint density at radius 2 is 2.18 bits per heavy atom. The van der Waals surface area contributed by atoms with Crippen molar-refractivity contribution in [2.24, 2.45) is 11.7 Å². The van der Waals surface area contributed by atoms with Gasteiger partial charge in [-0.1, -0.05) is 0 Å². The zero-order valence-corrected chi connectivity index (χ0v) is 9.85. The summed E-state index contributed by atoms with van der Waals surface area (Å²) in [5.74, 6) is 1.31. The molecule has 1 saturated heterocycles. The molecule has 1 aromatic heterocycles. The third-order valence-electron chi connectivity index (χ3n) is 3.36. The van der Waals surface area contributed by atoms with E-state index in [1.165, 1.54) is 6.33 Å². The molecule has 94 valence electrons. The molecule has 0 spiro atoms. The molecule has 17 heavy (non-hydrogen) atoms. The van der Waals surface area contributed by atoms with E-state index in [0.29, 0.717) is 11.7 Å². The smallest absolute Gasteiger partial charge is 0.276 e. The van der Waals surface area contributed by atoms with E-state index in [0.717, 1.165) is 38.9 Å². The van der Waals surface area contributed by atoms with Crippen LogP contribution in [0.4, 0.5) is 11.5 Å². The molecule has 0 amide bonds. The van der Waals surface area contributed by atoms with Gasteiger partial charge in [0.05, 0.1) is 6.33 Å². The van der Waals surface area contributed by atoms with E-state index in [9.17, 15) is 4.79 Å². The van der Waals surface area contributed by atoms with Crippen LogP contribution in [0, 0.1) is 5.92 Å². The van der Waals surface area contributed by atoms with E-state index < -0.39 is 0 Å². The van der Waals surface area contributed by atoms with Crippen molar-refractivity contribution in [3.05, 3.63) is 16.7 Å². The number of aromatic nitrogens is 2. The molecule has 1 aliphatic rings.